The number of nitrogens with two attached hydrogens (primary N) is 2. The fraction of sp³-hybridized carbons (Fsp3) is 0.556. The lowest BCUT2D eigenvalue weighted by atomic mass is 10.1. The first-order valence-electron chi connectivity index (χ1n) is 4.29. The van der Waals surface area contributed by atoms with Gasteiger partial charge in [0.05, 0.1) is 0 Å². The first-order chi connectivity index (χ1) is 5.81. The van der Waals surface area contributed by atoms with Crippen LogP contribution in [0.4, 0.5) is 0 Å². The average Bonchev–Trinajstić information content (AvgIpc) is 2.55. The van der Waals surface area contributed by atoms with Gasteiger partial charge in [0.25, 0.3) is 0 Å². The molecule has 0 spiro atoms. The Kier molecular flexibility index (Phi) is 3.72. The fourth-order valence-corrected chi connectivity index (χ4v) is 2.25. The van der Waals surface area contributed by atoms with Gasteiger partial charge in [-0.05, 0) is 23.4 Å². The number of thiophene rings is 1. The molecule has 0 aliphatic rings. The van der Waals surface area contributed by atoms with Crippen molar-refractivity contribution in [1.82, 2.24) is 0 Å². The first kappa shape index (κ1) is 9.71. The van der Waals surface area contributed by atoms with Gasteiger partial charge in [0.1, 0.15) is 0 Å². The molecule has 1 heterocycles. The summed E-state index contributed by atoms with van der Waals surface area (Å²) in [5, 5.41) is 2.19. The van der Waals surface area contributed by atoms with Crippen LogP contribution in [0.1, 0.15) is 23.3 Å². The minimum absolute atomic E-state index is 0.357. The Labute approximate surface area is 77.6 Å². The zero-order valence-corrected chi connectivity index (χ0v) is 8.23. The number of hydrogen-bond donors (Lipinski definition) is 2. The smallest absolute Gasteiger partial charge is 0.0178 e. The third kappa shape index (κ3) is 2.06. The van der Waals surface area contributed by atoms with Crippen molar-refractivity contribution in [2.45, 2.75) is 19.3 Å². The van der Waals surface area contributed by atoms with Crippen molar-refractivity contribution < 1.29 is 0 Å². The van der Waals surface area contributed by atoms with Crippen LogP contribution in [0.25, 0.3) is 0 Å². The minimum atomic E-state index is 0.357. The molecule has 1 aromatic rings. The maximum Gasteiger partial charge on any atom is 0.0178 e. The van der Waals surface area contributed by atoms with E-state index in [0.29, 0.717) is 19.0 Å². The van der Waals surface area contributed by atoms with Crippen molar-refractivity contribution >= 4 is 11.3 Å². The Hall–Kier alpha value is -0.380. The van der Waals surface area contributed by atoms with E-state index in [4.69, 9.17) is 11.5 Å². The number of rotatable bonds is 4. The summed E-state index contributed by atoms with van der Waals surface area (Å²) in [6, 6.07) is 2.22. The van der Waals surface area contributed by atoms with E-state index in [-0.39, 0.29) is 0 Å². The maximum absolute atomic E-state index is 5.59. The normalized spacial score (nSPS) is 11.0. The molecule has 68 valence electrons. The summed E-state index contributed by atoms with van der Waals surface area (Å²) in [5.41, 5.74) is 12.6. The number of aryl methyl sites for hydroxylation is 1. The lowest BCUT2D eigenvalue weighted by Crippen LogP contribution is -2.20. The highest BCUT2D eigenvalue weighted by atomic mass is 32.1. The fourth-order valence-electron chi connectivity index (χ4n) is 1.12. The highest BCUT2D eigenvalue weighted by Gasteiger charge is 2.09. The molecule has 1 rings (SSSR count). The van der Waals surface area contributed by atoms with Crippen LogP contribution in [-0.4, -0.2) is 13.1 Å². The van der Waals surface area contributed by atoms with Crippen molar-refractivity contribution in [3.05, 3.63) is 21.9 Å². The quantitative estimate of drug-likeness (QED) is 0.741. The van der Waals surface area contributed by atoms with Crippen molar-refractivity contribution in [3.8, 4) is 0 Å². The van der Waals surface area contributed by atoms with Crippen LogP contribution in [0.3, 0.4) is 0 Å². The predicted octanol–water partition coefficient (Wildman–Crippen LogP) is 1.31. The summed E-state index contributed by atoms with van der Waals surface area (Å²) in [5.74, 6) is 0.357. The minimum Gasteiger partial charge on any atom is -0.330 e. The zero-order valence-electron chi connectivity index (χ0n) is 7.42. The van der Waals surface area contributed by atoms with E-state index in [2.05, 4.69) is 18.4 Å². The van der Waals surface area contributed by atoms with Crippen molar-refractivity contribution in [2.24, 2.45) is 11.5 Å². The highest BCUT2D eigenvalue weighted by Crippen LogP contribution is 2.22. The first-order valence-corrected chi connectivity index (χ1v) is 5.17. The molecule has 2 nitrogen and oxygen atoms in total. The van der Waals surface area contributed by atoms with Gasteiger partial charge in [0, 0.05) is 23.9 Å². The molecular weight excluding hydrogens is 168 g/mol. The van der Waals surface area contributed by atoms with Gasteiger partial charge in [-0.1, -0.05) is 6.92 Å². The van der Waals surface area contributed by atoms with E-state index in [0.717, 1.165) is 6.42 Å². The molecule has 4 N–H and O–H groups in total. The van der Waals surface area contributed by atoms with Crippen LogP contribution in [0.2, 0.25) is 0 Å². The average molecular weight is 184 g/mol. The van der Waals surface area contributed by atoms with E-state index in [1.165, 1.54) is 10.4 Å². The van der Waals surface area contributed by atoms with Crippen molar-refractivity contribution in [3.63, 3.8) is 0 Å². The SMILES string of the molecule is CCc1csc(C(CN)CN)c1. The zero-order chi connectivity index (χ0) is 8.97. The van der Waals surface area contributed by atoms with Crippen molar-refractivity contribution in [1.29, 1.82) is 0 Å². The second-order valence-corrected chi connectivity index (χ2v) is 3.82. The largest absolute Gasteiger partial charge is 0.330 e. The molecule has 0 saturated carbocycles. The molecule has 1 aromatic heterocycles. The second-order valence-electron chi connectivity index (χ2n) is 2.88. The molecule has 0 aliphatic carbocycles. The van der Waals surface area contributed by atoms with Crippen LogP contribution in [-0.2, 0) is 6.42 Å². The Morgan fingerprint density at radius 3 is 2.50 bits per heavy atom. The Bertz CT molecular complexity index is 228. The van der Waals surface area contributed by atoms with Gasteiger partial charge in [0.2, 0.25) is 0 Å². The van der Waals surface area contributed by atoms with Crippen LogP contribution < -0.4 is 11.5 Å². The third-order valence-corrected chi connectivity index (χ3v) is 3.20. The summed E-state index contributed by atoms with van der Waals surface area (Å²) in [6.07, 6.45) is 1.10. The van der Waals surface area contributed by atoms with E-state index in [1.807, 2.05) is 0 Å². The summed E-state index contributed by atoms with van der Waals surface area (Å²) >= 11 is 1.77. The second kappa shape index (κ2) is 4.60. The summed E-state index contributed by atoms with van der Waals surface area (Å²) in [7, 11) is 0. The standard InChI is InChI=1S/C9H16N2S/c1-2-7-3-9(12-6-7)8(4-10)5-11/h3,6,8H,2,4-5,10-11H2,1H3. The molecule has 12 heavy (non-hydrogen) atoms. The van der Waals surface area contributed by atoms with Gasteiger partial charge < -0.3 is 11.5 Å². The molecule has 3 heteroatoms. The Morgan fingerprint density at radius 2 is 2.08 bits per heavy atom. The van der Waals surface area contributed by atoms with Gasteiger partial charge in [-0.2, -0.15) is 0 Å². The molecule has 0 atom stereocenters. The van der Waals surface area contributed by atoms with E-state index < -0.39 is 0 Å². The molecule has 0 aromatic carbocycles. The maximum atomic E-state index is 5.59. The summed E-state index contributed by atoms with van der Waals surface area (Å²) < 4.78 is 0. The van der Waals surface area contributed by atoms with E-state index >= 15 is 0 Å². The lowest BCUT2D eigenvalue weighted by molar-refractivity contribution is 0.720. The third-order valence-electron chi connectivity index (χ3n) is 2.05. The summed E-state index contributed by atoms with van der Waals surface area (Å²) in [4.78, 5) is 1.33. The summed E-state index contributed by atoms with van der Waals surface area (Å²) in [6.45, 7) is 3.46. The highest BCUT2D eigenvalue weighted by molar-refractivity contribution is 7.10. The van der Waals surface area contributed by atoms with Gasteiger partial charge >= 0.3 is 0 Å². The van der Waals surface area contributed by atoms with Crippen LogP contribution >= 0.6 is 11.3 Å². The molecule has 0 unspecified atom stereocenters. The Morgan fingerprint density at radius 1 is 1.42 bits per heavy atom. The molecule has 0 aliphatic heterocycles. The molecule has 0 fully saturated rings. The molecular formula is C9H16N2S. The molecule has 0 radical (unpaired) electrons. The van der Waals surface area contributed by atoms with Gasteiger partial charge in [0.15, 0.2) is 0 Å². The topological polar surface area (TPSA) is 52.0 Å². The lowest BCUT2D eigenvalue weighted by Gasteiger charge is -2.08. The molecule has 0 saturated heterocycles. The van der Waals surface area contributed by atoms with Crippen LogP contribution in [0.15, 0.2) is 11.4 Å². The molecule has 0 bridgehead atoms. The molecule has 0 amide bonds. The van der Waals surface area contributed by atoms with Crippen LogP contribution in [0, 0.1) is 0 Å². The Balaban J connectivity index is 2.72. The van der Waals surface area contributed by atoms with Crippen molar-refractivity contribution in [2.75, 3.05) is 13.1 Å². The van der Waals surface area contributed by atoms with Gasteiger partial charge in [-0.3, -0.25) is 0 Å². The number of hydrogen-bond acceptors (Lipinski definition) is 3. The van der Waals surface area contributed by atoms with E-state index in [9.17, 15) is 0 Å². The monoisotopic (exact) mass is 184 g/mol. The van der Waals surface area contributed by atoms with Gasteiger partial charge in [-0.25, -0.2) is 0 Å². The predicted molar refractivity (Wildman–Crippen MR) is 54.5 cm³/mol. The van der Waals surface area contributed by atoms with Crippen LogP contribution in [0.5, 0.6) is 0 Å². The van der Waals surface area contributed by atoms with E-state index in [1.54, 1.807) is 11.3 Å². The van der Waals surface area contributed by atoms with Gasteiger partial charge in [-0.15, -0.1) is 11.3 Å².